The molecule has 0 spiro atoms. The lowest BCUT2D eigenvalue weighted by atomic mass is 10.2. The molecule has 0 aliphatic heterocycles. The fourth-order valence-corrected chi connectivity index (χ4v) is 2.03. The number of nitrogens with two attached hydrogens (primary N) is 3. The minimum atomic E-state index is -0.130. The summed E-state index contributed by atoms with van der Waals surface area (Å²) in [7, 11) is 0. The minimum absolute atomic E-state index is 0.000981. The topological polar surface area (TPSA) is 116 Å². The van der Waals surface area contributed by atoms with Crippen LogP contribution in [0.2, 0.25) is 0 Å². The van der Waals surface area contributed by atoms with Gasteiger partial charge in [-0.3, -0.25) is 4.98 Å². The molecule has 0 aliphatic carbocycles. The molecule has 0 aliphatic rings. The van der Waals surface area contributed by atoms with Crippen molar-refractivity contribution in [3.63, 3.8) is 0 Å². The van der Waals surface area contributed by atoms with Crippen molar-refractivity contribution in [2.75, 3.05) is 0 Å². The van der Waals surface area contributed by atoms with Gasteiger partial charge < -0.3 is 17.2 Å². The zero-order valence-corrected chi connectivity index (χ0v) is 10.9. The smallest absolute Gasteiger partial charge is 0.223 e. The van der Waals surface area contributed by atoms with Gasteiger partial charge >= 0.3 is 0 Å². The highest BCUT2D eigenvalue weighted by Crippen LogP contribution is 2.32. The van der Waals surface area contributed by atoms with E-state index in [9.17, 15) is 0 Å². The van der Waals surface area contributed by atoms with Crippen molar-refractivity contribution in [3.05, 3.63) is 34.9 Å². The summed E-state index contributed by atoms with van der Waals surface area (Å²) in [6.07, 6.45) is 1.73. The number of guanidine groups is 2. The molecule has 0 saturated heterocycles. The van der Waals surface area contributed by atoms with Gasteiger partial charge in [0.15, 0.2) is 5.96 Å². The number of benzene rings is 1. The molecule has 2 rings (SSSR count). The van der Waals surface area contributed by atoms with Crippen LogP contribution in [-0.4, -0.2) is 16.9 Å². The van der Waals surface area contributed by atoms with Gasteiger partial charge in [-0.25, -0.2) is 4.99 Å². The summed E-state index contributed by atoms with van der Waals surface area (Å²) in [4.78, 5) is 12.0. The van der Waals surface area contributed by atoms with Gasteiger partial charge in [0.25, 0.3) is 0 Å². The van der Waals surface area contributed by atoms with Gasteiger partial charge in [0.2, 0.25) is 5.96 Å². The van der Waals surface area contributed by atoms with E-state index in [1.54, 1.807) is 12.3 Å². The lowest BCUT2D eigenvalue weighted by molar-refractivity contribution is 1.36. The van der Waals surface area contributed by atoms with Gasteiger partial charge in [-0.05, 0) is 34.1 Å². The van der Waals surface area contributed by atoms with Crippen LogP contribution in [0.25, 0.3) is 10.9 Å². The molecule has 0 radical (unpaired) electrons. The Morgan fingerprint density at radius 3 is 2.67 bits per heavy atom. The Kier molecular flexibility index (Phi) is 3.42. The molecule has 7 heteroatoms. The van der Waals surface area contributed by atoms with Gasteiger partial charge in [-0.2, -0.15) is 4.99 Å². The molecule has 1 aromatic heterocycles. The minimum Gasteiger partial charge on any atom is -0.370 e. The third kappa shape index (κ3) is 2.57. The summed E-state index contributed by atoms with van der Waals surface area (Å²) < 4.78 is 0.793. The molecule has 0 fully saturated rings. The molecule has 2 aromatic rings. The number of aliphatic imine (C=N–C) groups is 2. The number of fused-ring (bicyclic) bond motifs is 1. The molecule has 1 heterocycles. The summed E-state index contributed by atoms with van der Waals surface area (Å²) in [5.74, 6) is -0.131. The van der Waals surface area contributed by atoms with Crippen LogP contribution in [0.3, 0.4) is 0 Å². The number of aromatic nitrogens is 1. The molecular weight excluding hydrogens is 296 g/mol. The Morgan fingerprint density at radius 2 is 1.94 bits per heavy atom. The molecule has 18 heavy (non-hydrogen) atoms. The first-order valence-corrected chi connectivity index (χ1v) is 5.84. The summed E-state index contributed by atoms with van der Waals surface area (Å²) >= 11 is 3.46. The highest BCUT2D eigenvalue weighted by atomic mass is 79.9. The standard InChI is InChI=1S/C11H11BrN6/c12-9-6-2-1-5-16-7(6)3-4-8(9)17-11(15)18-10(13)14/h1-5H,(H6,13,14,15,17,18). The number of nitrogens with zero attached hydrogens (tertiary/aromatic N) is 3. The van der Waals surface area contributed by atoms with Crippen LogP contribution in [0.15, 0.2) is 44.9 Å². The first kappa shape index (κ1) is 12.3. The lowest BCUT2D eigenvalue weighted by Crippen LogP contribution is -2.26. The van der Waals surface area contributed by atoms with E-state index in [1.807, 2.05) is 18.2 Å². The Bertz CT molecular complexity index is 645. The lowest BCUT2D eigenvalue weighted by Gasteiger charge is -2.03. The normalized spacial score (nSPS) is 11.5. The van der Waals surface area contributed by atoms with Gasteiger partial charge in [0.1, 0.15) is 0 Å². The van der Waals surface area contributed by atoms with Crippen molar-refractivity contribution in [2.45, 2.75) is 0 Å². The van der Waals surface area contributed by atoms with Crippen LogP contribution in [0.1, 0.15) is 0 Å². The van der Waals surface area contributed by atoms with Crippen molar-refractivity contribution in [1.29, 1.82) is 0 Å². The van der Waals surface area contributed by atoms with Crippen molar-refractivity contribution >= 4 is 44.4 Å². The SMILES string of the molecule is NC(N)=NC(N)=Nc1ccc2ncccc2c1Br. The van der Waals surface area contributed by atoms with Gasteiger partial charge in [0, 0.05) is 11.6 Å². The summed E-state index contributed by atoms with van der Waals surface area (Å²) in [6, 6.07) is 7.42. The predicted molar refractivity (Wildman–Crippen MR) is 76.5 cm³/mol. The zero-order chi connectivity index (χ0) is 13.1. The highest BCUT2D eigenvalue weighted by molar-refractivity contribution is 9.10. The molecule has 0 bridgehead atoms. The fraction of sp³-hybridized carbons (Fsp3) is 0. The van der Waals surface area contributed by atoms with Crippen molar-refractivity contribution in [2.24, 2.45) is 27.2 Å². The molecule has 0 unspecified atom stereocenters. The fourth-order valence-electron chi connectivity index (χ4n) is 1.47. The Hall–Kier alpha value is -2.15. The number of hydrogen-bond donors (Lipinski definition) is 3. The maximum atomic E-state index is 5.59. The molecule has 0 amide bonds. The second kappa shape index (κ2) is 5.01. The molecule has 6 N–H and O–H groups in total. The second-order valence-electron chi connectivity index (χ2n) is 3.48. The van der Waals surface area contributed by atoms with Crippen LogP contribution < -0.4 is 17.2 Å². The number of halogens is 1. The molecule has 0 atom stereocenters. The predicted octanol–water partition coefficient (Wildman–Crippen LogP) is 1.22. The van der Waals surface area contributed by atoms with Crippen molar-refractivity contribution in [1.82, 2.24) is 4.98 Å². The van der Waals surface area contributed by atoms with E-state index < -0.39 is 0 Å². The first-order chi connectivity index (χ1) is 8.58. The average molecular weight is 307 g/mol. The molecular formula is C11H11BrN6. The van der Waals surface area contributed by atoms with Crippen LogP contribution >= 0.6 is 15.9 Å². The number of pyridine rings is 1. The van der Waals surface area contributed by atoms with Gasteiger partial charge in [0.05, 0.1) is 15.7 Å². The van der Waals surface area contributed by atoms with E-state index >= 15 is 0 Å². The maximum Gasteiger partial charge on any atom is 0.223 e. The van der Waals surface area contributed by atoms with Crippen LogP contribution in [0, 0.1) is 0 Å². The van der Waals surface area contributed by atoms with Gasteiger partial charge in [-0.1, -0.05) is 6.07 Å². The van der Waals surface area contributed by atoms with Crippen LogP contribution in [-0.2, 0) is 0 Å². The van der Waals surface area contributed by atoms with E-state index in [1.165, 1.54) is 0 Å². The number of rotatable bonds is 1. The van der Waals surface area contributed by atoms with Crippen LogP contribution in [0.5, 0.6) is 0 Å². The quantitative estimate of drug-likeness (QED) is 0.542. The third-order valence-corrected chi connectivity index (χ3v) is 3.01. The summed E-state index contributed by atoms with van der Waals surface area (Å²) in [5.41, 5.74) is 17.5. The monoisotopic (exact) mass is 306 g/mol. The average Bonchev–Trinajstić information content (AvgIpc) is 2.32. The van der Waals surface area contributed by atoms with Gasteiger partial charge in [-0.15, -0.1) is 0 Å². The second-order valence-corrected chi connectivity index (χ2v) is 4.27. The maximum absolute atomic E-state index is 5.59. The van der Waals surface area contributed by atoms with E-state index in [0.29, 0.717) is 5.69 Å². The Labute approximate surface area is 112 Å². The van der Waals surface area contributed by atoms with Crippen molar-refractivity contribution in [3.8, 4) is 0 Å². The van der Waals surface area contributed by atoms with E-state index in [-0.39, 0.29) is 11.9 Å². The Morgan fingerprint density at radius 1 is 1.17 bits per heavy atom. The molecule has 1 aromatic carbocycles. The van der Waals surface area contributed by atoms with Crippen molar-refractivity contribution < 1.29 is 0 Å². The largest absolute Gasteiger partial charge is 0.370 e. The molecule has 92 valence electrons. The highest BCUT2D eigenvalue weighted by Gasteiger charge is 2.05. The summed E-state index contributed by atoms with van der Waals surface area (Å²) in [5, 5.41) is 0.941. The molecule has 6 nitrogen and oxygen atoms in total. The third-order valence-electron chi connectivity index (χ3n) is 2.18. The zero-order valence-electron chi connectivity index (χ0n) is 9.34. The summed E-state index contributed by atoms with van der Waals surface area (Å²) in [6.45, 7) is 0. The van der Waals surface area contributed by atoms with Crippen LogP contribution in [0.4, 0.5) is 5.69 Å². The number of hydrogen-bond acceptors (Lipinski definition) is 2. The molecule has 0 saturated carbocycles. The first-order valence-electron chi connectivity index (χ1n) is 5.05. The van der Waals surface area contributed by atoms with E-state index in [0.717, 1.165) is 15.4 Å². The van der Waals surface area contributed by atoms with E-state index in [2.05, 4.69) is 30.9 Å². The Balaban J connectivity index is 2.53. The van der Waals surface area contributed by atoms with E-state index in [4.69, 9.17) is 17.2 Å².